The molecule has 166 valence electrons. The van der Waals surface area contributed by atoms with Gasteiger partial charge in [0.15, 0.2) is 0 Å². The molecule has 0 saturated heterocycles. The Morgan fingerprint density at radius 2 is 1.57 bits per heavy atom. The number of fused-ring (bicyclic) bond motifs is 5. The summed E-state index contributed by atoms with van der Waals surface area (Å²) in [4.78, 5) is 36.4. The molecule has 3 unspecified atom stereocenters. The van der Waals surface area contributed by atoms with Gasteiger partial charge in [-0.15, -0.1) is 0 Å². The Labute approximate surface area is 177 Å². The van der Waals surface area contributed by atoms with Crippen molar-refractivity contribution in [3.63, 3.8) is 0 Å². The number of hydrogen-bond acceptors (Lipinski definition) is 7. The van der Waals surface area contributed by atoms with Crippen LogP contribution < -0.4 is 0 Å². The highest BCUT2D eigenvalue weighted by Crippen LogP contribution is 2.64. The molecule has 0 bridgehead atoms. The van der Waals surface area contributed by atoms with Crippen LogP contribution in [-0.2, 0) is 23.7 Å². The van der Waals surface area contributed by atoms with E-state index in [1.54, 1.807) is 0 Å². The van der Waals surface area contributed by atoms with Crippen LogP contribution in [0.15, 0.2) is 11.6 Å². The highest BCUT2D eigenvalue weighted by molar-refractivity contribution is 5.87. The van der Waals surface area contributed by atoms with Gasteiger partial charge in [-0.05, 0) is 55.4 Å². The lowest BCUT2D eigenvalue weighted by Gasteiger charge is -2.58. The van der Waals surface area contributed by atoms with Gasteiger partial charge in [0.2, 0.25) is 0 Å². The minimum atomic E-state index is -0.700. The lowest BCUT2D eigenvalue weighted by Crippen LogP contribution is -2.55. The predicted octanol–water partition coefficient (Wildman–Crippen LogP) is 4.43. The number of ketones is 1. The predicted molar refractivity (Wildman–Crippen MR) is 107 cm³/mol. The summed E-state index contributed by atoms with van der Waals surface area (Å²) in [7, 11) is 2.62. The van der Waals surface area contributed by atoms with Crippen LogP contribution in [0.25, 0.3) is 0 Å². The summed E-state index contributed by atoms with van der Waals surface area (Å²) in [6, 6.07) is 0. The molecule has 3 fully saturated rings. The van der Waals surface area contributed by atoms with Gasteiger partial charge in [0.05, 0.1) is 14.2 Å². The van der Waals surface area contributed by atoms with E-state index in [4.69, 9.17) is 14.2 Å². The molecule has 0 N–H and O–H groups in total. The first kappa shape index (κ1) is 21.2. The second-order valence-electron chi connectivity index (χ2n) is 9.79. The lowest BCUT2D eigenvalue weighted by molar-refractivity contribution is -0.136. The highest BCUT2D eigenvalue weighted by Gasteiger charge is 2.61. The molecule has 3 saturated carbocycles. The minimum absolute atomic E-state index is 0.0520. The Morgan fingerprint density at radius 3 is 2.27 bits per heavy atom. The van der Waals surface area contributed by atoms with Crippen molar-refractivity contribution in [2.45, 2.75) is 71.0 Å². The molecule has 0 aliphatic heterocycles. The normalized spacial score (nSPS) is 42.2. The number of Topliss-reactive ketones (excluding diaryl/α,β-unsaturated/α-hetero) is 1. The van der Waals surface area contributed by atoms with Crippen molar-refractivity contribution < 1.29 is 33.3 Å². The summed E-state index contributed by atoms with van der Waals surface area (Å²) < 4.78 is 20.6. The third-order valence-electron chi connectivity index (χ3n) is 8.60. The summed E-state index contributed by atoms with van der Waals surface area (Å²) in [5.74, 6) is 0.964. The van der Waals surface area contributed by atoms with Gasteiger partial charge in [-0.2, -0.15) is 0 Å². The van der Waals surface area contributed by atoms with Gasteiger partial charge in [-0.1, -0.05) is 19.4 Å². The van der Waals surface area contributed by atoms with Crippen LogP contribution in [0.1, 0.15) is 58.8 Å². The zero-order valence-corrected chi connectivity index (χ0v) is 18.3. The van der Waals surface area contributed by atoms with E-state index in [2.05, 4.69) is 24.7 Å². The van der Waals surface area contributed by atoms with Crippen LogP contribution in [0.4, 0.5) is 9.59 Å². The Kier molecular flexibility index (Phi) is 5.35. The van der Waals surface area contributed by atoms with Gasteiger partial charge in [-0.25, -0.2) is 9.59 Å². The van der Waals surface area contributed by atoms with Crippen molar-refractivity contribution in [3.05, 3.63) is 11.6 Å². The van der Waals surface area contributed by atoms with Gasteiger partial charge in [0, 0.05) is 24.2 Å². The number of carbonyl (C=O) groups is 3. The fraction of sp³-hybridized carbons (Fsp3) is 0.783. The molecule has 4 aliphatic rings. The minimum Gasteiger partial charge on any atom is -0.438 e. The molecule has 0 aromatic carbocycles. The third-order valence-corrected chi connectivity index (χ3v) is 8.60. The number of rotatable bonds is 2. The molecule has 7 nitrogen and oxygen atoms in total. The van der Waals surface area contributed by atoms with Gasteiger partial charge in [0.1, 0.15) is 18.0 Å². The number of methoxy groups -OCH3 is 2. The molecule has 30 heavy (non-hydrogen) atoms. The molecular formula is C23H32O7. The maximum atomic E-state index is 12.7. The largest absolute Gasteiger partial charge is 0.508 e. The molecular weight excluding hydrogens is 388 g/mol. The van der Waals surface area contributed by atoms with Crippen molar-refractivity contribution >= 4 is 18.1 Å². The van der Waals surface area contributed by atoms with Crippen molar-refractivity contribution in [3.8, 4) is 0 Å². The zero-order valence-electron chi connectivity index (χ0n) is 18.3. The van der Waals surface area contributed by atoms with Crippen molar-refractivity contribution in [1.29, 1.82) is 0 Å². The van der Waals surface area contributed by atoms with Crippen LogP contribution in [0.5, 0.6) is 0 Å². The molecule has 0 heterocycles. The van der Waals surface area contributed by atoms with E-state index in [-0.39, 0.29) is 28.8 Å². The van der Waals surface area contributed by atoms with E-state index >= 15 is 0 Å². The zero-order chi connectivity index (χ0) is 21.7. The standard InChI is InChI=1S/C23H32O7/c1-22-9-7-14(29-20(25)27-3)11-13(22)12-17(30-21(26)28-4)19-15-5-6-18(24)23(15,2)10-8-16(19)22/h12,14-17,19H,5-11H2,1-4H3/t14-,15?,16?,17-,19?,22-,23-/m0/s1. The lowest BCUT2D eigenvalue weighted by atomic mass is 9.47. The average Bonchev–Trinajstić information content (AvgIpc) is 3.03. The molecule has 4 rings (SSSR count). The Morgan fingerprint density at radius 1 is 0.933 bits per heavy atom. The molecule has 0 aromatic heterocycles. The monoisotopic (exact) mass is 420 g/mol. The summed E-state index contributed by atoms with van der Waals surface area (Å²) in [5, 5.41) is 0. The molecule has 0 amide bonds. The van der Waals surface area contributed by atoms with E-state index < -0.39 is 18.4 Å². The number of hydrogen-bond donors (Lipinski definition) is 0. The van der Waals surface area contributed by atoms with Gasteiger partial charge < -0.3 is 18.9 Å². The molecule has 4 aliphatic carbocycles. The van der Waals surface area contributed by atoms with E-state index in [1.807, 2.05) is 0 Å². The average molecular weight is 421 g/mol. The van der Waals surface area contributed by atoms with Crippen LogP contribution in [0.3, 0.4) is 0 Å². The molecule has 0 radical (unpaired) electrons. The van der Waals surface area contributed by atoms with Gasteiger partial charge in [0.25, 0.3) is 0 Å². The van der Waals surface area contributed by atoms with Crippen molar-refractivity contribution in [2.24, 2.45) is 28.6 Å². The van der Waals surface area contributed by atoms with E-state index in [0.717, 1.165) is 32.1 Å². The first-order chi connectivity index (χ1) is 14.2. The van der Waals surface area contributed by atoms with Crippen molar-refractivity contribution in [1.82, 2.24) is 0 Å². The van der Waals surface area contributed by atoms with Crippen LogP contribution in [-0.4, -0.2) is 44.5 Å². The fourth-order valence-electron chi connectivity index (χ4n) is 6.92. The maximum absolute atomic E-state index is 12.7. The maximum Gasteiger partial charge on any atom is 0.508 e. The fourth-order valence-corrected chi connectivity index (χ4v) is 6.92. The van der Waals surface area contributed by atoms with Gasteiger partial charge >= 0.3 is 12.3 Å². The summed E-state index contributed by atoms with van der Waals surface area (Å²) in [6.07, 6.45) is 5.56. The Hall–Kier alpha value is -2.05. The summed E-state index contributed by atoms with van der Waals surface area (Å²) in [5.41, 5.74) is 0.792. The number of ether oxygens (including phenoxy) is 4. The van der Waals surface area contributed by atoms with Crippen LogP contribution in [0.2, 0.25) is 0 Å². The highest BCUT2D eigenvalue weighted by atomic mass is 16.7. The van der Waals surface area contributed by atoms with Crippen LogP contribution in [0, 0.1) is 28.6 Å². The molecule has 7 atom stereocenters. The Balaban J connectivity index is 1.69. The second kappa shape index (κ2) is 7.57. The topological polar surface area (TPSA) is 88.1 Å². The Bertz CT molecular complexity index is 774. The van der Waals surface area contributed by atoms with Crippen molar-refractivity contribution in [2.75, 3.05) is 14.2 Å². The summed E-state index contributed by atoms with van der Waals surface area (Å²) in [6.45, 7) is 4.39. The first-order valence-corrected chi connectivity index (χ1v) is 11.0. The molecule has 7 heteroatoms. The summed E-state index contributed by atoms with van der Waals surface area (Å²) >= 11 is 0. The van der Waals surface area contributed by atoms with Gasteiger partial charge in [-0.3, -0.25) is 4.79 Å². The quantitative estimate of drug-likeness (QED) is 0.482. The smallest absolute Gasteiger partial charge is 0.438 e. The van der Waals surface area contributed by atoms with E-state index in [9.17, 15) is 14.4 Å². The molecule has 0 aromatic rings. The second-order valence-corrected chi connectivity index (χ2v) is 9.79. The van der Waals surface area contributed by atoms with Crippen LogP contribution >= 0.6 is 0 Å². The third kappa shape index (κ3) is 3.21. The number of carbonyl (C=O) groups excluding carboxylic acids is 3. The van der Waals surface area contributed by atoms with E-state index in [0.29, 0.717) is 24.5 Å². The molecule has 0 spiro atoms. The first-order valence-electron chi connectivity index (χ1n) is 11.0. The van der Waals surface area contributed by atoms with E-state index in [1.165, 1.54) is 19.8 Å². The SMILES string of the molecule is COC(=O)O[C@H]1CC[C@@]2(C)C(=C[C@H](OC(=O)OC)C3C2CC[C@]2(C)C(=O)CCC32)C1.